The molecule has 1 fully saturated rings. The molecule has 0 atom stereocenters. The normalized spacial score (nSPS) is 16.6. The number of amides is 1. The highest BCUT2D eigenvalue weighted by Gasteiger charge is 2.39. The number of ether oxygens (including phenoxy) is 1. The van der Waals surface area contributed by atoms with Crippen molar-refractivity contribution in [2.45, 2.75) is 57.7 Å². The fraction of sp³-hybridized carbons (Fsp3) is 0.588. The van der Waals surface area contributed by atoms with E-state index in [0.717, 1.165) is 34.3 Å². The van der Waals surface area contributed by atoms with Crippen LogP contribution in [0.4, 0.5) is 4.79 Å². The van der Waals surface area contributed by atoms with E-state index in [2.05, 4.69) is 26.6 Å². The third-order valence-corrected chi connectivity index (χ3v) is 4.73. The molecule has 1 saturated carbocycles. The molecule has 128 valence electrons. The summed E-state index contributed by atoms with van der Waals surface area (Å²) >= 11 is 9.65. The fourth-order valence-corrected chi connectivity index (χ4v) is 3.18. The Labute approximate surface area is 151 Å². The van der Waals surface area contributed by atoms with E-state index in [-0.39, 0.29) is 11.6 Å². The van der Waals surface area contributed by atoms with E-state index >= 15 is 0 Å². The van der Waals surface area contributed by atoms with Gasteiger partial charge in [-0.25, -0.2) is 4.79 Å². The highest BCUT2D eigenvalue weighted by Crippen LogP contribution is 2.32. The molecule has 4 nitrogen and oxygen atoms in total. The molecular formula is C17H24BrClN2O2. The number of halogens is 2. The van der Waals surface area contributed by atoms with Crippen molar-refractivity contribution < 1.29 is 9.53 Å². The van der Waals surface area contributed by atoms with Crippen LogP contribution in [0.15, 0.2) is 22.7 Å². The molecule has 0 saturated heterocycles. The highest BCUT2D eigenvalue weighted by atomic mass is 79.9. The first-order chi connectivity index (χ1) is 10.7. The van der Waals surface area contributed by atoms with Gasteiger partial charge in [0.05, 0.1) is 5.54 Å². The molecule has 0 radical (unpaired) electrons. The van der Waals surface area contributed by atoms with Crippen LogP contribution in [0.2, 0.25) is 5.02 Å². The van der Waals surface area contributed by atoms with E-state index in [0.29, 0.717) is 13.1 Å². The summed E-state index contributed by atoms with van der Waals surface area (Å²) in [5, 5.41) is 7.18. The van der Waals surface area contributed by atoms with E-state index in [1.165, 1.54) is 0 Å². The Hall–Kier alpha value is -0.780. The minimum Gasteiger partial charge on any atom is -0.444 e. The highest BCUT2D eigenvalue weighted by molar-refractivity contribution is 9.10. The Bertz CT molecular complexity index is 568. The van der Waals surface area contributed by atoms with Crippen molar-refractivity contribution in [3.8, 4) is 0 Å². The summed E-state index contributed by atoms with van der Waals surface area (Å²) in [5.41, 5.74) is 0.348. The molecule has 0 bridgehead atoms. The Balaban J connectivity index is 1.87. The van der Waals surface area contributed by atoms with Crippen LogP contribution in [0.25, 0.3) is 0 Å². The van der Waals surface area contributed by atoms with Crippen molar-refractivity contribution in [1.82, 2.24) is 10.6 Å². The number of alkyl carbamates (subject to hydrolysis) is 1. The zero-order chi connectivity index (χ0) is 17.1. The van der Waals surface area contributed by atoms with Gasteiger partial charge >= 0.3 is 6.09 Å². The van der Waals surface area contributed by atoms with Crippen molar-refractivity contribution in [3.05, 3.63) is 33.3 Å². The van der Waals surface area contributed by atoms with Crippen molar-refractivity contribution in [3.63, 3.8) is 0 Å². The maximum absolute atomic E-state index is 12.0. The minimum absolute atomic E-state index is 0.208. The van der Waals surface area contributed by atoms with E-state index in [4.69, 9.17) is 16.3 Å². The molecule has 0 aliphatic heterocycles. The minimum atomic E-state index is -0.480. The molecule has 1 aliphatic carbocycles. The zero-order valence-corrected chi connectivity index (χ0v) is 16.2. The number of hydrogen-bond donors (Lipinski definition) is 2. The molecule has 0 unspecified atom stereocenters. The third kappa shape index (κ3) is 5.66. The van der Waals surface area contributed by atoms with Crippen molar-refractivity contribution in [1.29, 1.82) is 0 Å². The van der Waals surface area contributed by atoms with Crippen LogP contribution in [0, 0.1) is 0 Å². The lowest BCUT2D eigenvalue weighted by atomic mass is 9.76. The van der Waals surface area contributed by atoms with Crippen LogP contribution in [-0.4, -0.2) is 23.8 Å². The molecule has 0 heterocycles. The van der Waals surface area contributed by atoms with Crippen LogP contribution < -0.4 is 10.6 Å². The molecule has 0 aromatic heterocycles. The summed E-state index contributed by atoms with van der Waals surface area (Å²) in [7, 11) is 0. The molecular weight excluding hydrogens is 380 g/mol. The zero-order valence-electron chi connectivity index (χ0n) is 13.8. The van der Waals surface area contributed by atoms with Gasteiger partial charge in [-0.1, -0.05) is 27.5 Å². The Morgan fingerprint density at radius 3 is 2.65 bits per heavy atom. The Kier molecular flexibility index (Phi) is 5.98. The van der Waals surface area contributed by atoms with Gasteiger partial charge in [0.2, 0.25) is 0 Å². The molecule has 1 aromatic rings. The summed E-state index contributed by atoms with van der Waals surface area (Å²) < 4.78 is 6.37. The largest absolute Gasteiger partial charge is 0.444 e. The topological polar surface area (TPSA) is 50.4 Å². The average molecular weight is 404 g/mol. The van der Waals surface area contributed by atoms with Crippen LogP contribution >= 0.6 is 27.5 Å². The average Bonchev–Trinajstić information content (AvgIpc) is 2.37. The van der Waals surface area contributed by atoms with Crippen molar-refractivity contribution in [2.75, 3.05) is 6.54 Å². The van der Waals surface area contributed by atoms with Crippen LogP contribution in [-0.2, 0) is 11.3 Å². The lowest BCUT2D eigenvalue weighted by Gasteiger charge is -2.42. The molecule has 2 N–H and O–H groups in total. The number of carbonyl (C=O) groups is 1. The van der Waals surface area contributed by atoms with Crippen molar-refractivity contribution in [2.24, 2.45) is 0 Å². The van der Waals surface area contributed by atoms with Crippen LogP contribution in [0.3, 0.4) is 0 Å². The SMILES string of the molecule is CC(C)(C)OC(=O)NC1(CNCc2cc(Br)ccc2Cl)CCC1. The summed E-state index contributed by atoms with van der Waals surface area (Å²) in [5.74, 6) is 0. The van der Waals surface area contributed by atoms with E-state index in [1.54, 1.807) is 0 Å². The summed E-state index contributed by atoms with van der Waals surface area (Å²) in [6, 6.07) is 5.80. The summed E-state index contributed by atoms with van der Waals surface area (Å²) in [6.07, 6.45) is 2.70. The third-order valence-electron chi connectivity index (χ3n) is 3.86. The molecule has 6 heteroatoms. The van der Waals surface area contributed by atoms with Gasteiger partial charge < -0.3 is 15.4 Å². The first-order valence-electron chi connectivity index (χ1n) is 7.85. The lowest BCUT2D eigenvalue weighted by molar-refractivity contribution is 0.0382. The number of benzene rings is 1. The molecule has 23 heavy (non-hydrogen) atoms. The van der Waals surface area contributed by atoms with Gasteiger partial charge in [0.15, 0.2) is 0 Å². The van der Waals surface area contributed by atoms with Gasteiger partial charge in [0.25, 0.3) is 0 Å². The number of hydrogen-bond acceptors (Lipinski definition) is 3. The van der Waals surface area contributed by atoms with Gasteiger partial charge in [0, 0.05) is 22.6 Å². The van der Waals surface area contributed by atoms with Gasteiger partial charge in [-0.2, -0.15) is 0 Å². The number of rotatable bonds is 5. The first-order valence-corrected chi connectivity index (χ1v) is 9.02. The molecule has 1 aromatic carbocycles. The summed E-state index contributed by atoms with van der Waals surface area (Å²) in [6.45, 7) is 6.97. The Morgan fingerprint density at radius 2 is 2.09 bits per heavy atom. The van der Waals surface area contributed by atoms with Gasteiger partial charge in [-0.3, -0.25) is 0 Å². The molecule has 1 amide bonds. The van der Waals surface area contributed by atoms with Crippen LogP contribution in [0.5, 0.6) is 0 Å². The molecule has 2 rings (SSSR count). The second kappa shape index (κ2) is 7.41. The number of nitrogens with one attached hydrogen (secondary N) is 2. The molecule has 1 aliphatic rings. The van der Waals surface area contributed by atoms with Crippen molar-refractivity contribution >= 4 is 33.6 Å². The second-order valence-corrected chi connectivity index (χ2v) is 8.42. The number of carbonyl (C=O) groups excluding carboxylic acids is 1. The predicted octanol–water partition coefficient (Wildman–Crippen LogP) is 4.64. The van der Waals surface area contributed by atoms with Gasteiger partial charge in [-0.15, -0.1) is 0 Å². The quantitative estimate of drug-likeness (QED) is 0.753. The maximum atomic E-state index is 12.0. The van der Waals surface area contributed by atoms with E-state index in [1.807, 2.05) is 39.0 Å². The monoisotopic (exact) mass is 402 g/mol. The van der Waals surface area contributed by atoms with E-state index in [9.17, 15) is 4.79 Å². The van der Waals surface area contributed by atoms with Crippen LogP contribution in [0.1, 0.15) is 45.6 Å². The smallest absolute Gasteiger partial charge is 0.408 e. The maximum Gasteiger partial charge on any atom is 0.408 e. The standard InChI is InChI=1S/C17H24BrClN2O2/c1-16(2,3)23-15(22)21-17(7-4-8-17)11-20-10-12-9-13(18)5-6-14(12)19/h5-6,9,20H,4,7-8,10-11H2,1-3H3,(H,21,22). The first kappa shape index (κ1) is 18.6. The van der Waals surface area contributed by atoms with Gasteiger partial charge in [0.1, 0.15) is 5.60 Å². The van der Waals surface area contributed by atoms with E-state index < -0.39 is 5.60 Å². The molecule has 0 spiro atoms. The second-order valence-electron chi connectivity index (χ2n) is 7.10. The van der Waals surface area contributed by atoms with Gasteiger partial charge in [-0.05, 0) is 63.8 Å². The lowest BCUT2D eigenvalue weighted by Crippen LogP contribution is -2.59. The fourth-order valence-electron chi connectivity index (χ4n) is 2.58. The summed E-state index contributed by atoms with van der Waals surface area (Å²) in [4.78, 5) is 12.0. The Morgan fingerprint density at radius 1 is 1.39 bits per heavy atom. The predicted molar refractivity (Wildman–Crippen MR) is 96.8 cm³/mol.